The molecule has 0 aromatic carbocycles. The lowest BCUT2D eigenvalue weighted by atomic mass is 10.2. The zero-order valence-electron chi connectivity index (χ0n) is 9.81. The average molecular weight is 261 g/mol. The minimum Gasteiger partial charge on any atom is -0.481 e. The highest BCUT2D eigenvalue weighted by Crippen LogP contribution is 2.17. The predicted molar refractivity (Wildman–Crippen MR) is 65.1 cm³/mol. The molecule has 0 spiro atoms. The fraction of sp³-hybridized carbons (Fsp3) is 0.818. The minimum absolute atomic E-state index is 0.00385. The fourth-order valence-corrected chi connectivity index (χ4v) is 2.93. The molecule has 0 aromatic rings. The van der Waals surface area contributed by atoms with E-state index in [9.17, 15) is 13.8 Å². The van der Waals surface area contributed by atoms with Crippen LogP contribution in [-0.2, 0) is 20.4 Å². The van der Waals surface area contributed by atoms with E-state index in [-0.39, 0.29) is 29.9 Å². The number of rotatable bonds is 7. The molecule has 17 heavy (non-hydrogen) atoms. The quantitative estimate of drug-likeness (QED) is 0.705. The Kier molecular flexibility index (Phi) is 6.18. The molecule has 1 fully saturated rings. The zero-order valence-corrected chi connectivity index (χ0v) is 10.6. The van der Waals surface area contributed by atoms with E-state index in [1.54, 1.807) is 0 Å². The maximum Gasteiger partial charge on any atom is 0.303 e. The van der Waals surface area contributed by atoms with Crippen molar-refractivity contribution in [1.29, 1.82) is 0 Å². The molecule has 1 aliphatic carbocycles. The van der Waals surface area contributed by atoms with Crippen molar-refractivity contribution in [3.8, 4) is 0 Å². The summed E-state index contributed by atoms with van der Waals surface area (Å²) < 4.78 is 11.5. The molecule has 5 nitrogen and oxygen atoms in total. The molecular formula is C11H19NO4S. The van der Waals surface area contributed by atoms with Gasteiger partial charge in [0.2, 0.25) is 5.91 Å². The number of carbonyl (C=O) groups is 2. The summed E-state index contributed by atoms with van der Waals surface area (Å²) in [4.78, 5) is 21.7. The third-order valence-corrected chi connectivity index (χ3v) is 4.10. The number of carbonyl (C=O) groups excluding carboxylic acids is 1. The van der Waals surface area contributed by atoms with Crippen molar-refractivity contribution < 1.29 is 18.9 Å². The monoisotopic (exact) mass is 261 g/mol. The van der Waals surface area contributed by atoms with Gasteiger partial charge in [0.05, 0.1) is 0 Å². The largest absolute Gasteiger partial charge is 0.481 e. The van der Waals surface area contributed by atoms with Gasteiger partial charge in [-0.3, -0.25) is 13.8 Å². The van der Waals surface area contributed by atoms with Crippen molar-refractivity contribution >= 4 is 22.7 Å². The van der Waals surface area contributed by atoms with Crippen LogP contribution >= 0.6 is 0 Å². The molecule has 1 amide bonds. The molecule has 0 heterocycles. The van der Waals surface area contributed by atoms with Crippen molar-refractivity contribution in [3.05, 3.63) is 0 Å². The van der Waals surface area contributed by atoms with Gasteiger partial charge in [0.15, 0.2) is 0 Å². The van der Waals surface area contributed by atoms with Crippen molar-refractivity contribution in [2.24, 2.45) is 0 Å². The molecule has 1 aliphatic rings. The van der Waals surface area contributed by atoms with Crippen LogP contribution < -0.4 is 5.32 Å². The first-order chi connectivity index (χ1) is 8.08. The SMILES string of the molecule is O=C(O)CCCS(=O)CC(=O)NC1CCCC1. The summed E-state index contributed by atoms with van der Waals surface area (Å²) in [5.74, 6) is -0.788. The van der Waals surface area contributed by atoms with Gasteiger partial charge in [-0.25, -0.2) is 0 Å². The summed E-state index contributed by atoms with van der Waals surface area (Å²) in [5, 5.41) is 11.3. The van der Waals surface area contributed by atoms with Crippen molar-refractivity contribution in [3.63, 3.8) is 0 Å². The molecule has 1 saturated carbocycles. The van der Waals surface area contributed by atoms with Gasteiger partial charge in [-0.15, -0.1) is 0 Å². The standard InChI is InChI=1S/C11H19NO4S/c13-10(12-9-4-1-2-5-9)8-17(16)7-3-6-11(14)15/h9H,1-8H2,(H,12,13)(H,14,15). The third kappa shape index (κ3) is 6.41. The lowest BCUT2D eigenvalue weighted by Crippen LogP contribution is -2.36. The highest BCUT2D eigenvalue weighted by Gasteiger charge is 2.18. The molecule has 0 radical (unpaired) electrons. The van der Waals surface area contributed by atoms with Crippen molar-refractivity contribution in [1.82, 2.24) is 5.32 Å². The highest BCUT2D eigenvalue weighted by molar-refractivity contribution is 7.85. The summed E-state index contributed by atoms with van der Waals surface area (Å²) in [7, 11) is -1.24. The number of aliphatic carboxylic acids is 1. The lowest BCUT2D eigenvalue weighted by Gasteiger charge is -2.11. The van der Waals surface area contributed by atoms with Crippen LogP contribution in [0.1, 0.15) is 38.5 Å². The second-order valence-electron chi connectivity index (χ2n) is 4.33. The molecule has 1 rings (SSSR count). The molecule has 0 aliphatic heterocycles. The Bertz CT molecular complexity index is 300. The van der Waals surface area contributed by atoms with Gasteiger partial charge in [-0.2, -0.15) is 0 Å². The first kappa shape index (κ1) is 14.2. The van der Waals surface area contributed by atoms with Gasteiger partial charge in [-0.05, 0) is 19.3 Å². The van der Waals surface area contributed by atoms with Gasteiger partial charge in [0.1, 0.15) is 5.75 Å². The van der Waals surface area contributed by atoms with E-state index in [4.69, 9.17) is 5.11 Å². The van der Waals surface area contributed by atoms with Gasteiger partial charge in [0.25, 0.3) is 0 Å². The number of hydrogen-bond acceptors (Lipinski definition) is 3. The number of carboxylic acids is 1. The molecule has 0 saturated heterocycles. The highest BCUT2D eigenvalue weighted by atomic mass is 32.2. The van der Waals surface area contributed by atoms with Crippen LogP contribution in [0.5, 0.6) is 0 Å². The van der Waals surface area contributed by atoms with Gasteiger partial charge < -0.3 is 10.4 Å². The molecule has 0 bridgehead atoms. The first-order valence-electron chi connectivity index (χ1n) is 5.94. The summed E-state index contributed by atoms with van der Waals surface area (Å²) >= 11 is 0. The Balaban J connectivity index is 2.12. The van der Waals surface area contributed by atoms with Crippen molar-refractivity contribution in [2.45, 2.75) is 44.6 Å². The molecule has 98 valence electrons. The van der Waals surface area contributed by atoms with Gasteiger partial charge >= 0.3 is 5.97 Å². The van der Waals surface area contributed by atoms with Crippen LogP contribution in [0.3, 0.4) is 0 Å². The maximum absolute atomic E-state index is 11.5. The molecular weight excluding hydrogens is 242 g/mol. The smallest absolute Gasteiger partial charge is 0.303 e. The Morgan fingerprint density at radius 3 is 2.53 bits per heavy atom. The number of carboxylic acid groups (broad SMARTS) is 1. The van der Waals surface area contributed by atoms with E-state index in [1.165, 1.54) is 0 Å². The normalized spacial score (nSPS) is 17.9. The molecule has 1 unspecified atom stereocenters. The molecule has 1 atom stereocenters. The summed E-state index contributed by atoms with van der Waals surface area (Å²) in [6.07, 6.45) is 4.68. The molecule has 0 aromatic heterocycles. The number of amides is 1. The number of nitrogens with one attached hydrogen (secondary N) is 1. The van der Waals surface area contributed by atoms with E-state index in [0.29, 0.717) is 6.42 Å². The van der Waals surface area contributed by atoms with E-state index in [0.717, 1.165) is 25.7 Å². The Labute approximate surface area is 103 Å². The lowest BCUT2D eigenvalue weighted by molar-refractivity contribution is -0.137. The zero-order chi connectivity index (χ0) is 12.7. The Morgan fingerprint density at radius 2 is 1.94 bits per heavy atom. The van der Waals surface area contributed by atoms with Crippen LogP contribution in [0.25, 0.3) is 0 Å². The summed E-state index contributed by atoms with van der Waals surface area (Å²) in [5.41, 5.74) is 0. The summed E-state index contributed by atoms with van der Waals surface area (Å²) in [6, 6.07) is 0.249. The molecule has 2 N–H and O–H groups in total. The van der Waals surface area contributed by atoms with Crippen molar-refractivity contribution in [2.75, 3.05) is 11.5 Å². The third-order valence-electron chi connectivity index (χ3n) is 2.78. The van der Waals surface area contributed by atoms with Gasteiger partial charge in [0, 0.05) is 29.0 Å². The van der Waals surface area contributed by atoms with E-state index >= 15 is 0 Å². The predicted octanol–water partition coefficient (Wildman–Crippen LogP) is 0.659. The topological polar surface area (TPSA) is 83.5 Å². The average Bonchev–Trinajstić information content (AvgIpc) is 2.69. The van der Waals surface area contributed by atoms with Crippen LogP contribution in [0.15, 0.2) is 0 Å². The maximum atomic E-state index is 11.5. The first-order valence-corrected chi connectivity index (χ1v) is 7.43. The summed E-state index contributed by atoms with van der Waals surface area (Å²) in [6.45, 7) is 0. The second-order valence-corrected chi connectivity index (χ2v) is 5.91. The van der Waals surface area contributed by atoms with E-state index < -0.39 is 16.8 Å². The Hall–Kier alpha value is -0.910. The molecule has 6 heteroatoms. The van der Waals surface area contributed by atoms with E-state index in [1.807, 2.05) is 0 Å². The minimum atomic E-state index is -1.24. The Morgan fingerprint density at radius 1 is 1.29 bits per heavy atom. The second kappa shape index (κ2) is 7.42. The van der Waals surface area contributed by atoms with Crippen LogP contribution in [0.2, 0.25) is 0 Å². The van der Waals surface area contributed by atoms with Crippen LogP contribution in [0.4, 0.5) is 0 Å². The van der Waals surface area contributed by atoms with Gasteiger partial charge in [-0.1, -0.05) is 12.8 Å². The fourth-order valence-electron chi connectivity index (χ4n) is 1.94. The van der Waals surface area contributed by atoms with E-state index in [2.05, 4.69) is 5.32 Å². The number of hydrogen-bond donors (Lipinski definition) is 2. The van der Waals surface area contributed by atoms with Crippen LogP contribution in [0, 0.1) is 0 Å². The van der Waals surface area contributed by atoms with Crippen LogP contribution in [-0.4, -0.2) is 38.7 Å².